The number of hydrogen-bond donors (Lipinski definition) is 1. The molecule has 1 atom stereocenters. The van der Waals surface area contributed by atoms with Gasteiger partial charge in [0.1, 0.15) is 0 Å². The van der Waals surface area contributed by atoms with Crippen LogP contribution in [-0.2, 0) is 20.3 Å². The van der Waals surface area contributed by atoms with Gasteiger partial charge in [-0.1, -0.05) is 30.3 Å². The Labute approximate surface area is 113 Å². The second-order valence-electron chi connectivity index (χ2n) is 4.25. The standard InChI is InChI=1S/C12H18ClNO3S/c1-12(10-13,11-6-4-3-5-7-11)14-18(15,16)9-8-17-2/h3-7,14H,8-10H2,1-2H3. The Morgan fingerprint density at radius 1 is 1.33 bits per heavy atom. The minimum Gasteiger partial charge on any atom is -0.384 e. The van der Waals surface area contributed by atoms with Crippen molar-refractivity contribution in [2.75, 3.05) is 25.3 Å². The van der Waals surface area contributed by atoms with Crippen molar-refractivity contribution in [1.82, 2.24) is 4.72 Å². The van der Waals surface area contributed by atoms with Crippen LogP contribution in [0.5, 0.6) is 0 Å². The largest absolute Gasteiger partial charge is 0.384 e. The highest BCUT2D eigenvalue weighted by atomic mass is 35.5. The quantitative estimate of drug-likeness (QED) is 0.778. The van der Waals surface area contributed by atoms with Crippen LogP contribution in [0.2, 0.25) is 0 Å². The zero-order chi connectivity index (χ0) is 13.6. The second kappa shape index (κ2) is 6.52. The predicted molar refractivity (Wildman–Crippen MR) is 73.3 cm³/mol. The summed E-state index contributed by atoms with van der Waals surface area (Å²) < 4.78 is 31.2. The molecule has 0 radical (unpaired) electrons. The highest BCUT2D eigenvalue weighted by Crippen LogP contribution is 2.23. The van der Waals surface area contributed by atoms with Gasteiger partial charge in [0.25, 0.3) is 0 Å². The van der Waals surface area contributed by atoms with Gasteiger partial charge in [-0.2, -0.15) is 0 Å². The van der Waals surface area contributed by atoms with E-state index in [9.17, 15) is 8.42 Å². The first-order valence-electron chi connectivity index (χ1n) is 5.55. The lowest BCUT2D eigenvalue weighted by Gasteiger charge is -2.28. The fraction of sp³-hybridized carbons (Fsp3) is 0.500. The molecule has 1 aromatic rings. The SMILES string of the molecule is COCCS(=O)(=O)NC(C)(CCl)c1ccccc1. The molecule has 1 N–H and O–H groups in total. The summed E-state index contributed by atoms with van der Waals surface area (Å²) in [6.45, 7) is 1.92. The van der Waals surface area contributed by atoms with Gasteiger partial charge in [0.05, 0.1) is 17.9 Å². The van der Waals surface area contributed by atoms with E-state index in [0.29, 0.717) is 0 Å². The molecule has 0 amide bonds. The third-order valence-corrected chi connectivity index (χ3v) is 4.62. The van der Waals surface area contributed by atoms with E-state index in [0.717, 1.165) is 5.56 Å². The molecular weight excluding hydrogens is 274 g/mol. The monoisotopic (exact) mass is 291 g/mol. The van der Waals surface area contributed by atoms with Crippen molar-refractivity contribution in [2.24, 2.45) is 0 Å². The number of ether oxygens (including phenoxy) is 1. The summed E-state index contributed by atoms with van der Waals surface area (Å²) in [7, 11) is -1.96. The third-order valence-electron chi connectivity index (χ3n) is 2.62. The maximum atomic E-state index is 11.9. The molecule has 0 aliphatic heterocycles. The third kappa shape index (κ3) is 4.24. The molecule has 18 heavy (non-hydrogen) atoms. The van der Waals surface area contributed by atoms with Crippen molar-refractivity contribution in [3.8, 4) is 0 Å². The average molecular weight is 292 g/mol. The van der Waals surface area contributed by atoms with Crippen LogP contribution in [0.1, 0.15) is 12.5 Å². The van der Waals surface area contributed by atoms with E-state index in [1.54, 1.807) is 6.92 Å². The first kappa shape index (κ1) is 15.4. The molecule has 6 heteroatoms. The first-order valence-corrected chi connectivity index (χ1v) is 7.74. The van der Waals surface area contributed by atoms with Crippen molar-refractivity contribution >= 4 is 21.6 Å². The van der Waals surface area contributed by atoms with Crippen LogP contribution >= 0.6 is 11.6 Å². The molecule has 1 unspecified atom stereocenters. The zero-order valence-corrected chi connectivity index (χ0v) is 12.1. The van der Waals surface area contributed by atoms with E-state index in [4.69, 9.17) is 16.3 Å². The van der Waals surface area contributed by atoms with Gasteiger partial charge in [0.15, 0.2) is 0 Å². The van der Waals surface area contributed by atoms with Crippen LogP contribution in [0.15, 0.2) is 30.3 Å². The van der Waals surface area contributed by atoms with E-state index in [-0.39, 0.29) is 18.2 Å². The number of benzene rings is 1. The topological polar surface area (TPSA) is 55.4 Å². The van der Waals surface area contributed by atoms with Gasteiger partial charge in [0.2, 0.25) is 10.0 Å². The number of rotatable bonds is 7. The van der Waals surface area contributed by atoms with Crippen LogP contribution in [0.3, 0.4) is 0 Å². The Kier molecular flexibility index (Phi) is 5.59. The number of nitrogens with one attached hydrogen (secondary N) is 1. The van der Waals surface area contributed by atoms with Gasteiger partial charge in [-0.25, -0.2) is 13.1 Å². The fourth-order valence-corrected chi connectivity index (χ4v) is 3.22. The molecule has 1 aromatic carbocycles. The zero-order valence-electron chi connectivity index (χ0n) is 10.5. The average Bonchev–Trinajstić information content (AvgIpc) is 2.37. The molecule has 0 aliphatic carbocycles. The Morgan fingerprint density at radius 2 is 1.94 bits per heavy atom. The summed E-state index contributed by atoms with van der Waals surface area (Å²) in [4.78, 5) is 0. The van der Waals surface area contributed by atoms with Crippen LogP contribution in [0.25, 0.3) is 0 Å². The van der Waals surface area contributed by atoms with E-state index in [2.05, 4.69) is 4.72 Å². The van der Waals surface area contributed by atoms with Gasteiger partial charge in [0, 0.05) is 13.0 Å². The predicted octanol–water partition coefficient (Wildman–Crippen LogP) is 1.71. The number of hydrogen-bond acceptors (Lipinski definition) is 3. The first-order chi connectivity index (χ1) is 8.43. The van der Waals surface area contributed by atoms with Crippen LogP contribution < -0.4 is 4.72 Å². The van der Waals surface area contributed by atoms with Crippen LogP contribution in [-0.4, -0.2) is 33.8 Å². The lowest BCUT2D eigenvalue weighted by atomic mass is 9.96. The van der Waals surface area contributed by atoms with Crippen molar-refractivity contribution in [3.63, 3.8) is 0 Å². The number of methoxy groups -OCH3 is 1. The number of halogens is 1. The molecule has 102 valence electrons. The molecule has 0 aliphatic rings. The Morgan fingerprint density at radius 3 is 2.44 bits per heavy atom. The lowest BCUT2D eigenvalue weighted by molar-refractivity contribution is 0.216. The van der Waals surface area contributed by atoms with Gasteiger partial charge in [-0.3, -0.25) is 0 Å². The van der Waals surface area contributed by atoms with Crippen molar-refractivity contribution in [1.29, 1.82) is 0 Å². The molecule has 0 fully saturated rings. The maximum Gasteiger partial charge on any atom is 0.214 e. The summed E-state index contributed by atoms with van der Waals surface area (Å²) >= 11 is 5.93. The number of sulfonamides is 1. The summed E-state index contributed by atoms with van der Waals surface area (Å²) in [5.74, 6) is 0.0754. The van der Waals surface area contributed by atoms with Crippen molar-refractivity contribution in [2.45, 2.75) is 12.5 Å². The molecule has 0 saturated carbocycles. The van der Waals surface area contributed by atoms with Gasteiger partial charge in [-0.15, -0.1) is 11.6 Å². The summed E-state index contributed by atoms with van der Waals surface area (Å²) in [6, 6.07) is 9.27. The van der Waals surface area contributed by atoms with E-state index < -0.39 is 15.6 Å². The summed E-state index contributed by atoms with van der Waals surface area (Å²) in [5, 5.41) is 0. The fourth-order valence-electron chi connectivity index (χ4n) is 1.56. The van der Waals surface area contributed by atoms with Crippen LogP contribution in [0, 0.1) is 0 Å². The van der Waals surface area contributed by atoms with Gasteiger partial charge >= 0.3 is 0 Å². The van der Waals surface area contributed by atoms with Crippen molar-refractivity contribution in [3.05, 3.63) is 35.9 Å². The molecular formula is C12H18ClNO3S. The lowest BCUT2D eigenvalue weighted by Crippen LogP contribution is -2.46. The molecule has 0 aromatic heterocycles. The Balaban J connectivity index is 2.90. The van der Waals surface area contributed by atoms with Gasteiger partial charge < -0.3 is 4.74 Å². The van der Waals surface area contributed by atoms with Crippen molar-refractivity contribution < 1.29 is 13.2 Å². The summed E-state index contributed by atoms with van der Waals surface area (Å²) in [6.07, 6.45) is 0. The Bertz CT molecular complexity index is 463. The smallest absolute Gasteiger partial charge is 0.214 e. The van der Waals surface area contributed by atoms with Gasteiger partial charge in [-0.05, 0) is 12.5 Å². The molecule has 0 bridgehead atoms. The molecule has 0 saturated heterocycles. The van der Waals surface area contributed by atoms with E-state index in [1.165, 1.54) is 7.11 Å². The highest BCUT2D eigenvalue weighted by Gasteiger charge is 2.30. The molecule has 4 nitrogen and oxygen atoms in total. The maximum absolute atomic E-state index is 11.9. The second-order valence-corrected chi connectivity index (χ2v) is 6.35. The van der Waals surface area contributed by atoms with E-state index in [1.807, 2.05) is 30.3 Å². The molecule has 0 spiro atoms. The number of alkyl halides is 1. The van der Waals surface area contributed by atoms with E-state index >= 15 is 0 Å². The minimum atomic E-state index is -3.42. The highest BCUT2D eigenvalue weighted by molar-refractivity contribution is 7.89. The summed E-state index contributed by atoms with van der Waals surface area (Å²) in [5.41, 5.74) is 0.0241. The normalized spacial score (nSPS) is 15.3. The van der Waals surface area contributed by atoms with Crippen LogP contribution in [0.4, 0.5) is 0 Å². The Hall–Kier alpha value is -0.620. The molecule has 1 rings (SSSR count). The minimum absolute atomic E-state index is 0.0805. The molecule has 0 heterocycles.